The van der Waals surface area contributed by atoms with Crippen molar-refractivity contribution in [1.82, 2.24) is 34.5 Å². The maximum absolute atomic E-state index is 14.7. The number of fused-ring (bicyclic) bond motifs is 1. The molecule has 0 unspecified atom stereocenters. The molecule has 0 saturated carbocycles. The molecule has 0 radical (unpaired) electrons. The second-order valence-electron chi connectivity index (χ2n) is 10.3. The van der Waals surface area contributed by atoms with E-state index in [1.54, 1.807) is 35.2 Å². The lowest BCUT2D eigenvalue weighted by atomic mass is 10.0. The number of hydrogen-bond donors (Lipinski definition) is 2. The minimum atomic E-state index is -4.53. The van der Waals surface area contributed by atoms with Gasteiger partial charge in [-0.15, -0.1) is 0 Å². The van der Waals surface area contributed by atoms with E-state index >= 15 is 0 Å². The highest BCUT2D eigenvalue weighted by molar-refractivity contribution is 5.96. The molecule has 1 aromatic carbocycles. The number of imidazole rings is 1. The predicted molar refractivity (Wildman–Crippen MR) is 139 cm³/mol. The molecular formula is C26H30F4N8O2. The molecule has 40 heavy (non-hydrogen) atoms. The van der Waals surface area contributed by atoms with E-state index in [2.05, 4.69) is 25.8 Å². The second kappa shape index (κ2) is 10.9. The van der Waals surface area contributed by atoms with Crippen LogP contribution in [0.5, 0.6) is 0 Å². The first-order valence-corrected chi connectivity index (χ1v) is 12.9. The monoisotopic (exact) mass is 562 g/mol. The van der Waals surface area contributed by atoms with E-state index in [-0.39, 0.29) is 36.5 Å². The molecule has 0 aliphatic carbocycles. The van der Waals surface area contributed by atoms with Gasteiger partial charge in [0.2, 0.25) is 11.7 Å². The molecule has 14 heteroatoms. The highest BCUT2D eigenvalue weighted by Gasteiger charge is 2.32. The third-order valence-electron chi connectivity index (χ3n) is 6.92. The van der Waals surface area contributed by atoms with Gasteiger partial charge in [-0.05, 0) is 45.5 Å². The van der Waals surface area contributed by atoms with Crippen molar-refractivity contribution in [3.05, 3.63) is 48.4 Å². The lowest BCUT2D eigenvalue weighted by molar-refractivity contribution is -0.139. The van der Waals surface area contributed by atoms with Crippen LogP contribution < -0.4 is 10.6 Å². The number of benzene rings is 1. The Labute approximate surface area is 227 Å². The average Bonchev–Trinajstić information content (AvgIpc) is 3.63. The normalized spacial score (nSPS) is 18.5. The Balaban J connectivity index is 1.42. The second-order valence-corrected chi connectivity index (χ2v) is 10.3. The topological polar surface area (TPSA) is 106 Å². The molecule has 214 valence electrons. The zero-order valence-corrected chi connectivity index (χ0v) is 22.2. The van der Waals surface area contributed by atoms with Gasteiger partial charge in [-0.1, -0.05) is 11.2 Å². The van der Waals surface area contributed by atoms with Crippen molar-refractivity contribution < 1.29 is 26.9 Å². The number of piperidine rings is 1. The van der Waals surface area contributed by atoms with Gasteiger partial charge in [0.15, 0.2) is 0 Å². The van der Waals surface area contributed by atoms with Crippen molar-refractivity contribution in [2.24, 2.45) is 0 Å². The number of anilines is 1. The molecule has 5 rings (SSSR count). The number of likely N-dealkylation sites (tertiary alicyclic amines) is 1. The highest BCUT2D eigenvalue weighted by Crippen LogP contribution is 2.35. The van der Waals surface area contributed by atoms with E-state index in [0.29, 0.717) is 35.2 Å². The zero-order chi connectivity index (χ0) is 28.6. The van der Waals surface area contributed by atoms with Gasteiger partial charge >= 0.3 is 6.18 Å². The number of nitrogens with zero attached hydrogens (tertiary/aromatic N) is 6. The summed E-state index contributed by atoms with van der Waals surface area (Å²) in [6, 6.07) is 6.00. The van der Waals surface area contributed by atoms with Crippen molar-refractivity contribution in [2.45, 2.75) is 57.8 Å². The Hall–Kier alpha value is -3.94. The van der Waals surface area contributed by atoms with E-state index in [0.717, 1.165) is 4.57 Å². The van der Waals surface area contributed by atoms with Crippen LogP contribution in [-0.2, 0) is 13.1 Å². The minimum absolute atomic E-state index is 0.0171. The molecule has 0 spiro atoms. The fourth-order valence-electron chi connectivity index (χ4n) is 4.93. The largest absolute Gasteiger partial charge is 0.406 e. The summed E-state index contributed by atoms with van der Waals surface area (Å²) in [7, 11) is 1.85. The molecule has 3 aromatic heterocycles. The fourth-order valence-corrected chi connectivity index (χ4v) is 4.93. The molecule has 4 heterocycles. The smallest absolute Gasteiger partial charge is 0.379 e. The van der Waals surface area contributed by atoms with Crippen LogP contribution in [0.3, 0.4) is 0 Å². The molecule has 0 bridgehead atoms. The summed E-state index contributed by atoms with van der Waals surface area (Å²) in [5.74, 6) is -0.453. The van der Waals surface area contributed by atoms with Crippen LogP contribution in [-0.4, -0.2) is 73.6 Å². The third-order valence-corrected chi connectivity index (χ3v) is 6.92. The first kappa shape index (κ1) is 27.6. The molecule has 1 amide bonds. The number of aromatic nitrogens is 5. The van der Waals surface area contributed by atoms with Gasteiger partial charge in [0.05, 0.1) is 36.3 Å². The summed E-state index contributed by atoms with van der Waals surface area (Å²) in [5.41, 5.74) is 1.25. The summed E-state index contributed by atoms with van der Waals surface area (Å²) in [5, 5.41) is 10.2. The summed E-state index contributed by atoms with van der Waals surface area (Å²) in [6.07, 6.45) is -2.11. The number of halogens is 4. The van der Waals surface area contributed by atoms with Gasteiger partial charge in [0.25, 0.3) is 5.91 Å². The maximum Gasteiger partial charge on any atom is 0.406 e. The third kappa shape index (κ3) is 5.81. The van der Waals surface area contributed by atoms with Crippen LogP contribution in [0.1, 0.15) is 42.7 Å². The van der Waals surface area contributed by atoms with E-state index in [4.69, 9.17) is 4.52 Å². The molecule has 1 fully saturated rings. The van der Waals surface area contributed by atoms with E-state index in [9.17, 15) is 22.4 Å². The molecule has 4 aromatic rings. The Bertz CT molecular complexity index is 1490. The van der Waals surface area contributed by atoms with Crippen LogP contribution in [0.25, 0.3) is 22.4 Å². The minimum Gasteiger partial charge on any atom is -0.379 e. The zero-order valence-electron chi connectivity index (χ0n) is 22.2. The first-order chi connectivity index (χ1) is 19.0. The van der Waals surface area contributed by atoms with Gasteiger partial charge in [0.1, 0.15) is 18.4 Å². The Morgan fingerprint density at radius 3 is 2.80 bits per heavy atom. The van der Waals surface area contributed by atoms with Gasteiger partial charge in [-0.3, -0.25) is 4.79 Å². The summed E-state index contributed by atoms with van der Waals surface area (Å²) < 4.78 is 63.6. The van der Waals surface area contributed by atoms with Crippen molar-refractivity contribution in [2.75, 3.05) is 25.5 Å². The standard InChI is InChI=1S/C26H30F4N8O2/c1-15(2)38-14-31-10-22(38)25(39)32-11-23-34-24(35-40-23)21-9-16-18(33-19-7-8-36(3)12-17(19)27)5-4-6-20(16)37(21)13-26(28,29)30/h4-6,9-10,14-15,17,19,33H,7-8,11-13H2,1-3H3,(H,32,39)/t17-,19+/m0/s1. The van der Waals surface area contributed by atoms with Crippen molar-refractivity contribution >= 4 is 22.5 Å². The van der Waals surface area contributed by atoms with Gasteiger partial charge in [0, 0.05) is 30.2 Å². The van der Waals surface area contributed by atoms with Crippen molar-refractivity contribution in [3.63, 3.8) is 0 Å². The fraction of sp³-hybridized carbons (Fsp3) is 0.462. The Morgan fingerprint density at radius 1 is 1.27 bits per heavy atom. The molecule has 2 N–H and O–H groups in total. The van der Waals surface area contributed by atoms with Crippen LogP contribution in [0, 0.1) is 0 Å². The van der Waals surface area contributed by atoms with E-state index < -0.39 is 30.8 Å². The number of rotatable bonds is 8. The molecule has 1 aliphatic heterocycles. The van der Waals surface area contributed by atoms with E-state index in [1.165, 1.54) is 6.20 Å². The molecule has 1 saturated heterocycles. The highest BCUT2D eigenvalue weighted by atomic mass is 19.4. The number of carbonyl (C=O) groups is 1. The number of hydrogen-bond acceptors (Lipinski definition) is 7. The van der Waals surface area contributed by atoms with Crippen molar-refractivity contribution in [1.29, 1.82) is 0 Å². The number of carbonyl (C=O) groups excluding carboxylic acids is 1. The first-order valence-electron chi connectivity index (χ1n) is 12.9. The van der Waals surface area contributed by atoms with Gasteiger partial charge in [-0.2, -0.15) is 18.2 Å². The van der Waals surface area contributed by atoms with E-state index in [1.807, 2.05) is 25.8 Å². The number of nitrogens with one attached hydrogen (secondary N) is 2. The van der Waals surface area contributed by atoms with Crippen molar-refractivity contribution in [3.8, 4) is 11.5 Å². The average molecular weight is 563 g/mol. The van der Waals surface area contributed by atoms with Crippen LogP contribution >= 0.6 is 0 Å². The Morgan fingerprint density at radius 2 is 2.08 bits per heavy atom. The lowest BCUT2D eigenvalue weighted by Gasteiger charge is -2.33. The predicted octanol–water partition coefficient (Wildman–Crippen LogP) is 4.42. The summed E-state index contributed by atoms with van der Waals surface area (Å²) in [4.78, 5) is 22.8. The van der Waals surface area contributed by atoms with Crippen LogP contribution in [0.15, 0.2) is 41.3 Å². The molecule has 2 atom stereocenters. The van der Waals surface area contributed by atoms with Crippen LogP contribution in [0.4, 0.5) is 23.2 Å². The van der Waals surface area contributed by atoms with Crippen LogP contribution in [0.2, 0.25) is 0 Å². The lowest BCUT2D eigenvalue weighted by Crippen LogP contribution is -2.46. The quantitative estimate of drug-likeness (QED) is 0.307. The summed E-state index contributed by atoms with van der Waals surface area (Å²) >= 11 is 0. The summed E-state index contributed by atoms with van der Waals surface area (Å²) in [6.45, 7) is 3.39. The number of alkyl halides is 4. The molecule has 1 aliphatic rings. The van der Waals surface area contributed by atoms with Gasteiger partial charge < -0.3 is 29.2 Å². The Kier molecular flexibility index (Phi) is 7.53. The van der Waals surface area contributed by atoms with Gasteiger partial charge in [-0.25, -0.2) is 9.37 Å². The number of amides is 1. The maximum atomic E-state index is 14.7. The molecular weight excluding hydrogens is 532 g/mol. The SMILES string of the molecule is CC(C)n1cncc1C(=O)NCc1nc(-c2cc3c(N[C@@H]4CCN(C)C[C@@H]4F)cccc3n2CC(F)(F)F)no1. The molecule has 10 nitrogen and oxygen atoms in total.